The number of hydrogen-bond acceptors (Lipinski definition) is 7. The first kappa shape index (κ1) is 40.4. The Kier molecular flexibility index (Phi) is 13.4. The first-order valence-corrected chi connectivity index (χ1v) is 20.6. The summed E-state index contributed by atoms with van der Waals surface area (Å²) in [5, 5.41) is 0. The third-order valence-corrected chi connectivity index (χ3v) is 11.5. The normalized spacial score (nSPS) is 19.9. The van der Waals surface area contributed by atoms with Crippen LogP contribution in [0, 0.1) is 6.92 Å². The topological polar surface area (TPSA) is 72.5 Å². The molecule has 6 aromatic carbocycles. The van der Waals surface area contributed by atoms with Crippen LogP contribution in [0.25, 0.3) is 0 Å². The highest BCUT2D eigenvalue weighted by molar-refractivity contribution is 6.10. The van der Waals surface area contributed by atoms with Crippen molar-refractivity contribution in [2.75, 3.05) is 13.7 Å². The van der Waals surface area contributed by atoms with E-state index in [1.165, 1.54) is 5.56 Å². The smallest absolute Gasteiger partial charge is 0.193 e. The van der Waals surface area contributed by atoms with E-state index < -0.39 is 30.5 Å². The van der Waals surface area contributed by atoms with E-state index in [1.54, 1.807) is 7.11 Å². The number of carbonyl (C=O) groups excluding carboxylic acids is 1. The lowest BCUT2D eigenvalue weighted by Crippen LogP contribution is -2.58. The zero-order valence-corrected chi connectivity index (χ0v) is 33.8. The van der Waals surface area contributed by atoms with Crippen molar-refractivity contribution < 1.29 is 33.2 Å². The molecule has 0 radical (unpaired) electrons. The van der Waals surface area contributed by atoms with Crippen LogP contribution < -0.4 is 4.74 Å². The van der Waals surface area contributed by atoms with Gasteiger partial charge in [0.15, 0.2) is 5.78 Å². The first-order valence-electron chi connectivity index (χ1n) is 20.6. The second kappa shape index (κ2) is 19.6. The molecule has 8 rings (SSSR count). The average molecular weight is 789 g/mol. The van der Waals surface area contributed by atoms with Crippen molar-refractivity contribution in [1.82, 2.24) is 0 Å². The van der Waals surface area contributed by atoms with Crippen molar-refractivity contribution in [2.24, 2.45) is 0 Å². The Morgan fingerprint density at radius 3 is 1.63 bits per heavy atom. The van der Waals surface area contributed by atoms with Crippen LogP contribution >= 0.6 is 0 Å². The average Bonchev–Trinajstić information content (AvgIpc) is 3.80. The van der Waals surface area contributed by atoms with Gasteiger partial charge in [0.1, 0.15) is 36.3 Å². The van der Waals surface area contributed by atoms with Crippen LogP contribution in [0.15, 0.2) is 152 Å². The van der Waals surface area contributed by atoms with Crippen LogP contribution in [0.2, 0.25) is 0 Å². The molecule has 0 aromatic heterocycles. The Morgan fingerprint density at radius 1 is 0.593 bits per heavy atom. The molecule has 0 unspecified atom stereocenters. The minimum atomic E-state index is -0.618. The second-order valence-electron chi connectivity index (χ2n) is 15.4. The summed E-state index contributed by atoms with van der Waals surface area (Å²) >= 11 is 0. The van der Waals surface area contributed by atoms with Gasteiger partial charge in [0.05, 0.1) is 40.1 Å². The molecule has 1 saturated heterocycles. The van der Waals surface area contributed by atoms with E-state index >= 15 is 0 Å². The molecule has 7 nitrogen and oxygen atoms in total. The molecular weight excluding hydrogens is 737 g/mol. The van der Waals surface area contributed by atoms with Crippen LogP contribution in [0.3, 0.4) is 0 Å². The van der Waals surface area contributed by atoms with Crippen LogP contribution in [-0.2, 0) is 63.0 Å². The molecule has 1 aliphatic carbocycles. The summed E-state index contributed by atoms with van der Waals surface area (Å²) in [6.07, 6.45) is -0.209. The van der Waals surface area contributed by atoms with Crippen LogP contribution in [0.4, 0.5) is 0 Å². The van der Waals surface area contributed by atoms with Crippen molar-refractivity contribution in [3.8, 4) is 5.75 Å². The lowest BCUT2D eigenvalue weighted by molar-refractivity contribution is -0.275. The van der Waals surface area contributed by atoms with Gasteiger partial charge < -0.3 is 28.4 Å². The van der Waals surface area contributed by atoms with Gasteiger partial charge in [-0.3, -0.25) is 4.79 Å². The van der Waals surface area contributed by atoms with Crippen molar-refractivity contribution in [1.29, 1.82) is 0 Å². The highest BCUT2D eigenvalue weighted by Gasteiger charge is 2.50. The summed E-state index contributed by atoms with van der Waals surface area (Å²) in [6, 6.07) is 50.1. The summed E-state index contributed by atoms with van der Waals surface area (Å²) in [7, 11) is 1.63. The van der Waals surface area contributed by atoms with E-state index in [0.717, 1.165) is 58.2 Å². The number of ether oxygens (including phenoxy) is 6. The Bertz CT molecular complexity index is 2240. The highest BCUT2D eigenvalue weighted by Crippen LogP contribution is 2.43. The lowest BCUT2D eigenvalue weighted by Gasteiger charge is -2.47. The number of hydrogen-bond donors (Lipinski definition) is 0. The SMILES string of the molecule is COc1ccc(C(=O)c2cc([C@@H]3O[C@H](COCc4ccccc4)[C@H](OCc4ccccc4)[C@H](OCc4ccccc4)[C@@H]3OCc3ccccc3)c(C)c3c2CCC3)cc1. The Hall–Kier alpha value is -5.41. The Labute approximate surface area is 347 Å². The molecule has 1 aliphatic heterocycles. The summed E-state index contributed by atoms with van der Waals surface area (Å²) in [5.74, 6) is 0.685. The Morgan fingerprint density at radius 2 is 1.08 bits per heavy atom. The van der Waals surface area contributed by atoms with Gasteiger partial charge in [-0.2, -0.15) is 0 Å². The molecule has 1 heterocycles. The van der Waals surface area contributed by atoms with Crippen LogP contribution in [-0.4, -0.2) is 43.9 Å². The summed E-state index contributed by atoms with van der Waals surface area (Å²) in [6.45, 7) is 3.86. The molecule has 1 fully saturated rings. The number of benzene rings is 6. The lowest BCUT2D eigenvalue weighted by atomic mass is 9.83. The molecule has 0 bridgehead atoms. The minimum absolute atomic E-state index is 0.0201. The number of ketones is 1. The number of carbonyl (C=O) groups is 1. The molecule has 6 aromatic rings. The maximum atomic E-state index is 14.5. The van der Waals surface area contributed by atoms with Crippen LogP contribution in [0.1, 0.15) is 73.0 Å². The molecule has 5 atom stereocenters. The van der Waals surface area contributed by atoms with Gasteiger partial charge >= 0.3 is 0 Å². The third kappa shape index (κ3) is 9.73. The van der Waals surface area contributed by atoms with Crippen molar-refractivity contribution in [3.63, 3.8) is 0 Å². The monoisotopic (exact) mass is 788 g/mol. The van der Waals surface area contributed by atoms with Gasteiger partial charge in [-0.05, 0) is 101 Å². The van der Waals surface area contributed by atoms with E-state index in [9.17, 15) is 4.79 Å². The number of rotatable bonds is 17. The maximum Gasteiger partial charge on any atom is 0.193 e. The van der Waals surface area contributed by atoms with E-state index in [1.807, 2.05) is 97.1 Å². The number of methoxy groups -OCH3 is 1. The van der Waals surface area contributed by atoms with Gasteiger partial charge in [-0.1, -0.05) is 121 Å². The van der Waals surface area contributed by atoms with Gasteiger partial charge in [-0.15, -0.1) is 0 Å². The van der Waals surface area contributed by atoms with E-state index in [0.29, 0.717) is 43.3 Å². The number of fused-ring (bicyclic) bond motifs is 1. The molecule has 7 heteroatoms. The zero-order chi connectivity index (χ0) is 40.4. The fraction of sp³-hybridized carbons (Fsp3) is 0.288. The van der Waals surface area contributed by atoms with Gasteiger partial charge in [0.2, 0.25) is 0 Å². The van der Waals surface area contributed by atoms with E-state index in [4.69, 9.17) is 28.4 Å². The molecule has 0 saturated carbocycles. The van der Waals surface area contributed by atoms with Gasteiger partial charge in [-0.25, -0.2) is 0 Å². The maximum absolute atomic E-state index is 14.5. The predicted octanol–water partition coefficient (Wildman–Crippen LogP) is 10.1. The summed E-state index contributed by atoms with van der Waals surface area (Å²) in [4.78, 5) is 14.5. The van der Waals surface area contributed by atoms with Crippen molar-refractivity contribution >= 4 is 5.78 Å². The van der Waals surface area contributed by atoms with Crippen LogP contribution in [0.5, 0.6) is 5.75 Å². The third-order valence-electron chi connectivity index (χ3n) is 11.5. The van der Waals surface area contributed by atoms with Crippen molar-refractivity contribution in [3.05, 3.63) is 207 Å². The minimum Gasteiger partial charge on any atom is -0.497 e. The molecule has 59 heavy (non-hydrogen) atoms. The first-order chi connectivity index (χ1) is 29.1. The van der Waals surface area contributed by atoms with E-state index in [-0.39, 0.29) is 12.4 Å². The van der Waals surface area contributed by atoms with Crippen molar-refractivity contribution in [2.45, 2.75) is 83.1 Å². The van der Waals surface area contributed by atoms with Gasteiger partial charge in [0, 0.05) is 11.1 Å². The molecule has 0 amide bonds. The summed E-state index contributed by atoms with van der Waals surface area (Å²) < 4.78 is 40.2. The van der Waals surface area contributed by atoms with Gasteiger partial charge in [0.25, 0.3) is 0 Å². The fourth-order valence-electron chi connectivity index (χ4n) is 8.42. The fourth-order valence-corrected chi connectivity index (χ4v) is 8.42. The largest absolute Gasteiger partial charge is 0.497 e. The standard InChI is InChI=1S/C52H52O7/c1-36-43-24-15-25-44(43)46(48(53)41-26-28-42(54-2)29-27-41)30-45(36)49-51(57-33-39-20-11-5-12-21-39)52(58-34-40-22-13-6-14-23-40)50(56-32-38-18-9-4-10-19-38)47(59-49)35-55-31-37-16-7-3-8-17-37/h3-14,16-23,26-30,47,49-52H,15,24-25,31-35H2,1-2H3/t47-,49+,50+,51-,52+/m1/s1. The second-order valence-corrected chi connectivity index (χ2v) is 15.4. The molecule has 2 aliphatic rings. The zero-order valence-electron chi connectivity index (χ0n) is 33.8. The molecule has 0 spiro atoms. The van der Waals surface area contributed by atoms with E-state index in [2.05, 4.69) is 61.5 Å². The predicted molar refractivity (Wildman–Crippen MR) is 228 cm³/mol. The quantitative estimate of drug-likeness (QED) is 0.0853. The Balaban J connectivity index is 1.22. The molecular formula is C52H52O7. The highest BCUT2D eigenvalue weighted by atomic mass is 16.6. The summed E-state index contributed by atoms with van der Waals surface area (Å²) in [5.41, 5.74) is 9.87. The molecule has 0 N–H and O–H groups in total. The molecule has 302 valence electrons.